The van der Waals surface area contributed by atoms with E-state index >= 15 is 0 Å². The van der Waals surface area contributed by atoms with E-state index in [0.717, 1.165) is 36.9 Å². The largest absolute Gasteiger partial charge is 0.324 e. The van der Waals surface area contributed by atoms with Crippen LogP contribution in [0.2, 0.25) is 0 Å². The quantitative estimate of drug-likeness (QED) is 0.563. The van der Waals surface area contributed by atoms with Gasteiger partial charge < -0.3 is 5.43 Å². The lowest BCUT2D eigenvalue weighted by atomic mass is 10.1. The topological polar surface area (TPSA) is 54.2 Å². The first-order valence-corrected chi connectivity index (χ1v) is 6.33. The van der Waals surface area contributed by atoms with Crippen LogP contribution in [-0.2, 0) is 6.54 Å². The molecular formula is C13H24N4. The Morgan fingerprint density at radius 3 is 2.82 bits per heavy atom. The molecule has 0 spiro atoms. The summed E-state index contributed by atoms with van der Waals surface area (Å²) in [6, 6.07) is 3.87. The molecule has 4 heteroatoms. The molecule has 0 amide bonds. The number of nitrogen functional groups attached to an aromatic ring is 1. The number of nitrogens with one attached hydrogen (secondary N) is 1. The lowest BCUT2D eigenvalue weighted by Crippen LogP contribution is -2.28. The van der Waals surface area contributed by atoms with E-state index in [2.05, 4.69) is 36.1 Å². The molecular weight excluding hydrogens is 212 g/mol. The summed E-state index contributed by atoms with van der Waals surface area (Å²) in [4.78, 5) is 6.78. The third kappa shape index (κ3) is 4.71. The first kappa shape index (κ1) is 13.9. The van der Waals surface area contributed by atoms with Crippen LogP contribution in [-0.4, -0.2) is 23.0 Å². The predicted molar refractivity (Wildman–Crippen MR) is 72.5 cm³/mol. The van der Waals surface area contributed by atoms with Gasteiger partial charge >= 0.3 is 0 Å². The number of nitrogens with zero attached hydrogens (tertiary/aromatic N) is 2. The standard InChI is InChI=1S/C13H24N4/c1-4-11(3)9-17(5-2)10-13-8-12(16-14)6-7-15-13/h6-8,11H,4-5,9-10,14H2,1-3H3,(H,15,16). The highest BCUT2D eigenvalue weighted by Gasteiger charge is 2.08. The Bertz CT molecular complexity index is 327. The molecule has 0 saturated heterocycles. The maximum atomic E-state index is 5.39. The third-order valence-electron chi connectivity index (χ3n) is 3.08. The van der Waals surface area contributed by atoms with Crippen LogP contribution in [0.15, 0.2) is 18.3 Å². The fraction of sp³-hybridized carbons (Fsp3) is 0.615. The molecule has 1 unspecified atom stereocenters. The maximum Gasteiger partial charge on any atom is 0.0564 e. The van der Waals surface area contributed by atoms with Crippen LogP contribution >= 0.6 is 0 Å². The summed E-state index contributed by atoms with van der Waals surface area (Å²) in [6.45, 7) is 9.76. The molecule has 1 atom stereocenters. The van der Waals surface area contributed by atoms with Crippen LogP contribution in [0, 0.1) is 5.92 Å². The van der Waals surface area contributed by atoms with Crippen molar-refractivity contribution in [2.75, 3.05) is 18.5 Å². The normalized spacial score (nSPS) is 12.8. The molecule has 0 aliphatic heterocycles. The summed E-state index contributed by atoms with van der Waals surface area (Å²) in [5.74, 6) is 6.12. The molecule has 0 aliphatic carbocycles. The van der Waals surface area contributed by atoms with Gasteiger partial charge in [-0.25, -0.2) is 0 Å². The molecule has 0 radical (unpaired) electrons. The first-order valence-electron chi connectivity index (χ1n) is 6.33. The van der Waals surface area contributed by atoms with E-state index in [1.807, 2.05) is 12.1 Å². The second kappa shape index (κ2) is 7.25. The molecule has 1 aromatic rings. The average molecular weight is 236 g/mol. The van der Waals surface area contributed by atoms with E-state index in [-0.39, 0.29) is 0 Å². The number of pyridine rings is 1. The molecule has 0 aliphatic rings. The van der Waals surface area contributed by atoms with Gasteiger partial charge in [-0.1, -0.05) is 27.2 Å². The van der Waals surface area contributed by atoms with Crippen LogP contribution in [0.3, 0.4) is 0 Å². The van der Waals surface area contributed by atoms with Crippen molar-refractivity contribution < 1.29 is 0 Å². The highest BCUT2D eigenvalue weighted by atomic mass is 15.2. The molecule has 0 aromatic carbocycles. The summed E-state index contributed by atoms with van der Waals surface area (Å²) in [5, 5.41) is 0. The van der Waals surface area contributed by atoms with Crippen LogP contribution < -0.4 is 11.3 Å². The Labute approximate surface area is 104 Å². The fourth-order valence-electron chi connectivity index (χ4n) is 1.76. The number of rotatable bonds is 7. The minimum absolute atomic E-state index is 0.728. The lowest BCUT2D eigenvalue weighted by molar-refractivity contribution is 0.235. The van der Waals surface area contributed by atoms with Crippen molar-refractivity contribution in [1.29, 1.82) is 0 Å². The minimum Gasteiger partial charge on any atom is -0.324 e. The van der Waals surface area contributed by atoms with E-state index in [1.54, 1.807) is 6.20 Å². The molecule has 3 N–H and O–H groups in total. The van der Waals surface area contributed by atoms with E-state index < -0.39 is 0 Å². The number of hydrogen-bond donors (Lipinski definition) is 2. The molecule has 1 aromatic heterocycles. The number of aromatic nitrogens is 1. The fourth-order valence-corrected chi connectivity index (χ4v) is 1.76. The summed E-state index contributed by atoms with van der Waals surface area (Å²) in [7, 11) is 0. The molecule has 4 nitrogen and oxygen atoms in total. The van der Waals surface area contributed by atoms with Crippen molar-refractivity contribution >= 4 is 5.69 Å². The van der Waals surface area contributed by atoms with E-state index in [9.17, 15) is 0 Å². The highest BCUT2D eigenvalue weighted by molar-refractivity contribution is 5.41. The molecule has 17 heavy (non-hydrogen) atoms. The number of hydrazine groups is 1. The zero-order valence-corrected chi connectivity index (χ0v) is 11.1. The summed E-state index contributed by atoms with van der Waals surface area (Å²) in [5.41, 5.74) is 4.62. The lowest BCUT2D eigenvalue weighted by Gasteiger charge is -2.23. The molecule has 1 heterocycles. The summed E-state index contributed by atoms with van der Waals surface area (Å²) < 4.78 is 0. The van der Waals surface area contributed by atoms with Crippen molar-refractivity contribution in [1.82, 2.24) is 9.88 Å². The van der Waals surface area contributed by atoms with Gasteiger partial charge in [0, 0.05) is 19.3 Å². The number of hydrogen-bond acceptors (Lipinski definition) is 4. The maximum absolute atomic E-state index is 5.39. The van der Waals surface area contributed by atoms with Gasteiger partial charge in [-0.05, 0) is 24.6 Å². The van der Waals surface area contributed by atoms with Crippen LogP contribution in [0.5, 0.6) is 0 Å². The SMILES string of the molecule is CCC(C)CN(CC)Cc1cc(NN)ccn1. The Kier molecular flexibility index (Phi) is 5.94. The zero-order chi connectivity index (χ0) is 12.7. The molecule has 0 bridgehead atoms. The predicted octanol–water partition coefficient (Wildman–Crippen LogP) is 2.24. The van der Waals surface area contributed by atoms with E-state index in [1.165, 1.54) is 6.42 Å². The van der Waals surface area contributed by atoms with Gasteiger partial charge in [0.25, 0.3) is 0 Å². The van der Waals surface area contributed by atoms with Gasteiger partial charge in [-0.2, -0.15) is 0 Å². The van der Waals surface area contributed by atoms with Gasteiger partial charge in [0.1, 0.15) is 0 Å². The van der Waals surface area contributed by atoms with Crippen LogP contribution in [0.25, 0.3) is 0 Å². The molecule has 0 saturated carbocycles. The Morgan fingerprint density at radius 1 is 1.47 bits per heavy atom. The second-order valence-corrected chi connectivity index (χ2v) is 4.52. The Morgan fingerprint density at radius 2 is 2.24 bits per heavy atom. The van der Waals surface area contributed by atoms with E-state index in [0.29, 0.717) is 0 Å². The average Bonchev–Trinajstić information content (AvgIpc) is 2.37. The van der Waals surface area contributed by atoms with Crippen molar-refractivity contribution in [2.24, 2.45) is 11.8 Å². The first-order chi connectivity index (χ1) is 8.19. The highest BCUT2D eigenvalue weighted by Crippen LogP contribution is 2.11. The summed E-state index contributed by atoms with van der Waals surface area (Å²) >= 11 is 0. The van der Waals surface area contributed by atoms with Crippen molar-refractivity contribution in [3.05, 3.63) is 24.0 Å². The van der Waals surface area contributed by atoms with Gasteiger partial charge in [-0.3, -0.25) is 15.7 Å². The number of anilines is 1. The van der Waals surface area contributed by atoms with Gasteiger partial charge in [0.2, 0.25) is 0 Å². The van der Waals surface area contributed by atoms with Crippen LogP contribution in [0.4, 0.5) is 5.69 Å². The molecule has 1 rings (SSSR count). The van der Waals surface area contributed by atoms with Crippen molar-refractivity contribution in [3.63, 3.8) is 0 Å². The van der Waals surface area contributed by atoms with Crippen molar-refractivity contribution in [2.45, 2.75) is 33.7 Å². The van der Waals surface area contributed by atoms with Crippen molar-refractivity contribution in [3.8, 4) is 0 Å². The Hall–Kier alpha value is -1.13. The smallest absolute Gasteiger partial charge is 0.0564 e. The second-order valence-electron chi connectivity index (χ2n) is 4.52. The summed E-state index contributed by atoms with van der Waals surface area (Å²) in [6.07, 6.45) is 3.01. The molecule has 96 valence electrons. The van der Waals surface area contributed by atoms with Gasteiger partial charge in [-0.15, -0.1) is 0 Å². The zero-order valence-electron chi connectivity index (χ0n) is 11.1. The number of nitrogens with two attached hydrogens (primary N) is 1. The third-order valence-corrected chi connectivity index (χ3v) is 3.08. The van der Waals surface area contributed by atoms with Crippen LogP contribution in [0.1, 0.15) is 32.9 Å². The minimum atomic E-state index is 0.728. The monoisotopic (exact) mass is 236 g/mol. The molecule has 0 fully saturated rings. The van der Waals surface area contributed by atoms with Gasteiger partial charge in [0.05, 0.1) is 11.4 Å². The Balaban J connectivity index is 2.60. The van der Waals surface area contributed by atoms with Gasteiger partial charge in [0.15, 0.2) is 0 Å². The van der Waals surface area contributed by atoms with E-state index in [4.69, 9.17) is 5.84 Å².